The molecular formula is C12H23N5O2. The van der Waals surface area contributed by atoms with Crippen molar-refractivity contribution in [3.63, 3.8) is 0 Å². The van der Waals surface area contributed by atoms with Gasteiger partial charge in [0.1, 0.15) is 0 Å². The fraction of sp³-hybridized carbons (Fsp3) is 0.750. The van der Waals surface area contributed by atoms with E-state index in [9.17, 15) is 9.59 Å². The zero-order valence-electron chi connectivity index (χ0n) is 12.1. The molecule has 0 fully saturated rings. The number of nitrogens with one attached hydrogen (secondary N) is 1. The predicted octanol–water partition coefficient (Wildman–Crippen LogP) is 0.316. The monoisotopic (exact) mass is 269 g/mol. The van der Waals surface area contributed by atoms with Gasteiger partial charge in [0.15, 0.2) is 6.19 Å². The Kier molecular flexibility index (Phi) is 8.29. The Labute approximate surface area is 114 Å². The molecule has 0 atom stereocenters. The van der Waals surface area contributed by atoms with E-state index >= 15 is 0 Å². The van der Waals surface area contributed by atoms with Gasteiger partial charge in [-0.25, -0.2) is 15.4 Å². The van der Waals surface area contributed by atoms with Gasteiger partial charge in [0.2, 0.25) is 11.8 Å². The Bertz CT molecular complexity index is 338. The minimum absolute atomic E-state index is 0.0277. The maximum atomic E-state index is 11.7. The van der Waals surface area contributed by atoms with Gasteiger partial charge in [-0.3, -0.25) is 14.6 Å². The molecule has 0 heterocycles. The van der Waals surface area contributed by atoms with Crippen molar-refractivity contribution in [1.82, 2.24) is 20.5 Å². The summed E-state index contributed by atoms with van der Waals surface area (Å²) in [5.74, 6) is -0.0996. The number of carbonyl (C=O) groups is 2. The second-order valence-corrected chi connectivity index (χ2v) is 4.33. The van der Waals surface area contributed by atoms with E-state index in [-0.39, 0.29) is 11.8 Å². The third kappa shape index (κ3) is 6.62. The number of amides is 2. The number of hydrogen-bond donors (Lipinski definition) is 1. The van der Waals surface area contributed by atoms with Crippen LogP contribution in [-0.2, 0) is 9.59 Å². The fourth-order valence-electron chi connectivity index (χ4n) is 1.45. The molecular weight excluding hydrogens is 246 g/mol. The molecule has 19 heavy (non-hydrogen) atoms. The quantitative estimate of drug-likeness (QED) is 0.297. The third-order valence-electron chi connectivity index (χ3n) is 2.79. The van der Waals surface area contributed by atoms with Crippen molar-refractivity contribution in [1.29, 1.82) is 5.26 Å². The highest BCUT2D eigenvalue weighted by molar-refractivity contribution is 5.76. The van der Waals surface area contributed by atoms with Gasteiger partial charge in [0.05, 0.1) is 0 Å². The van der Waals surface area contributed by atoms with Crippen LogP contribution in [0.1, 0.15) is 32.6 Å². The highest BCUT2D eigenvalue weighted by Gasteiger charge is 2.12. The van der Waals surface area contributed by atoms with E-state index in [4.69, 9.17) is 5.26 Å². The van der Waals surface area contributed by atoms with Crippen LogP contribution < -0.4 is 5.43 Å². The average Bonchev–Trinajstić information content (AvgIpc) is 2.39. The van der Waals surface area contributed by atoms with E-state index in [1.807, 2.05) is 0 Å². The number of nitrogens with zero attached hydrogens (tertiary/aromatic N) is 4. The molecule has 0 saturated heterocycles. The molecule has 2 amide bonds. The molecule has 0 spiro atoms. The first-order valence-electron chi connectivity index (χ1n) is 6.32. The average molecular weight is 269 g/mol. The lowest BCUT2D eigenvalue weighted by Gasteiger charge is -2.24. The number of rotatable bonds is 8. The maximum absolute atomic E-state index is 11.7. The normalized spacial score (nSPS) is 9.89. The van der Waals surface area contributed by atoms with Gasteiger partial charge in [-0.1, -0.05) is 0 Å². The van der Waals surface area contributed by atoms with Gasteiger partial charge in [-0.2, -0.15) is 5.26 Å². The van der Waals surface area contributed by atoms with Crippen LogP contribution >= 0.6 is 0 Å². The molecule has 1 N–H and O–H groups in total. The lowest BCUT2D eigenvalue weighted by atomic mass is 10.2. The maximum Gasteiger partial charge on any atom is 0.241 e. The molecule has 7 nitrogen and oxygen atoms in total. The molecule has 108 valence electrons. The highest BCUT2D eigenvalue weighted by atomic mass is 16.2. The van der Waals surface area contributed by atoms with Crippen LogP contribution in [0.4, 0.5) is 0 Å². The van der Waals surface area contributed by atoms with Crippen molar-refractivity contribution >= 4 is 11.8 Å². The van der Waals surface area contributed by atoms with Gasteiger partial charge in [0, 0.05) is 40.5 Å². The van der Waals surface area contributed by atoms with Crippen molar-refractivity contribution in [3.8, 4) is 6.19 Å². The van der Waals surface area contributed by atoms with Crippen molar-refractivity contribution in [3.05, 3.63) is 0 Å². The molecule has 0 rings (SSSR count). The third-order valence-corrected chi connectivity index (χ3v) is 2.79. The Morgan fingerprint density at radius 3 is 2.05 bits per heavy atom. The summed E-state index contributed by atoms with van der Waals surface area (Å²) in [7, 11) is 5.31. The van der Waals surface area contributed by atoms with Crippen molar-refractivity contribution in [2.45, 2.75) is 32.6 Å². The van der Waals surface area contributed by atoms with E-state index in [2.05, 4.69) is 5.43 Å². The van der Waals surface area contributed by atoms with Crippen molar-refractivity contribution < 1.29 is 9.59 Å². The van der Waals surface area contributed by atoms with E-state index in [1.54, 1.807) is 39.3 Å². The SMILES string of the molecule is CCN(NC#N)C(=O)CCCCC(=O)N(C)N(C)C. The summed E-state index contributed by atoms with van der Waals surface area (Å²) in [6.07, 6.45) is 3.77. The molecule has 0 radical (unpaired) electrons. The minimum Gasteiger partial charge on any atom is -0.279 e. The molecule has 0 saturated carbocycles. The molecule has 0 aliphatic carbocycles. The topological polar surface area (TPSA) is 79.7 Å². The molecule has 0 bridgehead atoms. The molecule has 7 heteroatoms. The summed E-state index contributed by atoms with van der Waals surface area (Å²) < 4.78 is 0. The zero-order valence-corrected chi connectivity index (χ0v) is 12.1. The van der Waals surface area contributed by atoms with Crippen molar-refractivity contribution in [2.24, 2.45) is 0 Å². The van der Waals surface area contributed by atoms with Crippen LogP contribution in [0.25, 0.3) is 0 Å². The molecule has 0 aromatic heterocycles. The summed E-state index contributed by atoms with van der Waals surface area (Å²) in [4.78, 5) is 23.3. The highest BCUT2D eigenvalue weighted by Crippen LogP contribution is 2.05. The predicted molar refractivity (Wildman–Crippen MR) is 71.1 cm³/mol. The summed E-state index contributed by atoms with van der Waals surface area (Å²) in [5.41, 5.74) is 2.32. The number of hydrogen-bond acceptors (Lipinski definition) is 5. The first kappa shape index (κ1) is 17.2. The molecule has 0 unspecified atom stereocenters. The second kappa shape index (κ2) is 9.16. The summed E-state index contributed by atoms with van der Waals surface area (Å²) >= 11 is 0. The lowest BCUT2D eigenvalue weighted by Crippen LogP contribution is -2.40. The number of unbranched alkanes of at least 4 members (excludes halogenated alkanes) is 1. The smallest absolute Gasteiger partial charge is 0.241 e. The first-order valence-corrected chi connectivity index (χ1v) is 6.32. The fourth-order valence-corrected chi connectivity index (χ4v) is 1.45. The molecule has 0 aliphatic rings. The zero-order chi connectivity index (χ0) is 14.8. The van der Waals surface area contributed by atoms with E-state index in [0.29, 0.717) is 32.2 Å². The lowest BCUT2D eigenvalue weighted by molar-refractivity contribution is -0.142. The number of carbonyl (C=O) groups excluding carboxylic acids is 2. The van der Waals surface area contributed by atoms with E-state index in [1.165, 1.54) is 10.0 Å². The molecule has 0 aromatic rings. The molecule has 0 aromatic carbocycles. The Morgan fingerprint density at radius 1 is 1.11 bits per heavy atom. The summed E-state index contributed by atoms with van der Waals surface area (Å²) in [6, 6.07) is 0. The van der Waals surface area contributed by atoms with Crippen LogP contribution in [0.5, 0.6) is 0 Å². The van der Waals surface area contributed by atoms with Gasteiger partial charge in [0.25, 0.3) is 0 Å². The Hall–Kier alpha value is -1.81. The second-order valence-electron chi connectivity index (χ2n) is 4.33. The van der Waals surface area contributed by atoms with Gasteiger partial charge in [-0.15, -0.1) is 0 Å². The van der Waals surface area contributed by atoms with E-state index in [0.717, 1.165) is 0 Å². The van der Waals surface area contributed by atoms with Crippen LogP contribution in [0.15, 0.2) is 0 Å². The van der Waals surface area contributed by atoms with Crippen molar-refractivity contribution in [2.75, 3.05) is 27.7 Å². The minimum atomic E-state index is -0.127. The number of nitriles is 1. The van der Waals surface area contributed by atoms with Gasteiger partial charge >= 0.3 is 0 Å². The van der Waals surface area contributed by atoms with Gasteiger partial charge in [-0.05, 0) is 19.8 Å². The largest absolute Gasteiger partial charge is 0.279 e. The first-order chi connectivity index (χ1) is 8.93. The number of hydrazine groups is 2. The summed E-state index contributed by atoms with van der Waals surface area (Å²) in [5, 5.41) is 13.0. The Morgan fingerprint density at radius 2 is 1.63 bits per heavy atom. The Balaban J connectivity index is 3.89. The molecule has 0 aliphatic heterocycles. The van der Waals surface area contributed by atoms with E-state index < -0.39 is 0 Å². The van der Waals surface area contributed by atoms with Gasteiger partial charge < -0.3 is 0 Å². The van der Waals surface area contributed by atoms with Crippen LogP contribution in [-0.4, -0.2) is 54.5 Å². The standard InChI is InChI=1S/C12H23N5O2/c1-5-17(14-10-13)12(19)9-7-6-8-11(18)16(4)15(2)3/h14H,5-9H2,1-4H3. The van der Waals surface area contributed by atoms with Crippen LogP contribution in [0.2, 0.25) is 0 Å². The van der Waals surface area contributed by atoms with Crippen LogP contribution in [0.3, 0.4) is 0 Å². The summed E-state index contributed by atoms with van der Waals surface area (Å²) in [6.45, 7) is 2.23. The van der Waals surface area contributed by atoms with Crippen LogP contribution in [0, 0.1) is 11.5 Å².